The summed E-state index contributed by atoms with van der Waals surface area (Å²) in [5.74, 6) is -0.0500. The molecule has 0 spiro atoms. The van der Waals surface area contributed by atoms with Gasteiger partial charge in [-0.15, -0.1) is 5.10 Å². The maximum absolute atomic E-state index is 13.1. The lowest BCUT2D eigenvalue weighted by Gasteiger charge is -2.43. The molecule has 2 heterocycles. The first-order valence-electron chi connectivity index (χ1n) is 8.76. The fourth-order valence-corrected chi connectivity index (χ4v) is 3.96. The van der Waals surface area contributed by atoms with E-state index in [1.54, 1.807) is 12.1 Å². The predicted octanol–water partition coefficient (Wildman–Crippen LogP) is 3.01. The van der Waals surface area contributed by atoms with Crippen LogP contribution in [0.2, 0.25) is 5.02 Å². The summed E-state index contributed by atoms with van der Waals surface area (Å²) in [6, 6.07) is 7.44. The normalized spacial score (nSPS) is 23.4. The van der Waals surface area contributed by atoms with Crippen molar-refractivity contribution in [1.82, 2.24) is 19.9 Å². The highest BCUT2D eigenvalue weighted by Crippen LogP contribution is 2.29. The van der Waals surface area contributed by atoms with Crippen LogP contribution in [0.3, 0.4) is 0 Å². The molecule has 0 radical (unpaired) electrons. The second-order valence-electron chi connectivity index (χ2n) is 6.66. The molecule has 2 aromatic rings. The van der Waals surface area contributed by atoms with Crippen molar-refractivity contribution >= 4 is 17.5 Å². The number of aromatic nitrogens is 3. The average molecular weight is 361 g/mol. The summed E-state index contributed by atoms with van der Waals surface area (Å²) in [4.78, 5) is 16.5. The SMILES string of the molecule is Cc1nn(-c2cccc(Cl)c2)nc1C(=O)N1CCOC2CCCCC21. The first kappa shape index (κ1) is 16.5. The molecule has 1 saturated carbocycles. The summed E-state index contributed by atoms with van der Waals surface area (Å²) in [6.45, 7) is 3.03. The standard InChI is InChI=1S/C18H21ClN4O2/c1-12-17(21-23(20-12)14-6-4-5-13(19)11-14)18(24)22-9-10-25-16-8-3-2-7-15(16)22/h4-6,11,15-16H,2-3,7-10H2,1H3. The molecule has 2 unspecified atom stereocenters. The number of halogens is 1. The van der Waals surface area contributed by atoms with Gasteiger partial charge in [-0.1, -0.05) is 30.5 Å². The van der Waals surface area contributed by atoms with Crippen molar-refractivity contribution in [1.29, 1.82) is 0 Å². The van der Waals surface area contributed by atoms with Gasteiger partial charge in [-0.05, 0) is 38.0 Å². The maximum Gasteiger partial charge on any atom is 0.276 e. The Hall–Kier alpha value is -1.92. The van der Waals surface area contributed by atoms with Gasteiger partial charge in [0.05, 0.1) is 30.1 Å². The molecular formula is C18H21ClN4O2. The number of carbonyl (C=O) groups is 1. The van der Waals surface area contributed by atoms with E-state index in [1.807, 2.05) is 24.0 Å². The second kappa shape index (κ2) is 6.77. The van der Waals surface area contributed by atoms with E-state index in [0.717, 1.165) is 24.9 Å². The molecule has 6 nitrogen and oxygen atoms in total. The van der Waals surface area contributed by atoms with E-state index >= 15 is 0 Å². The number of morpholine rings is 1. The van der Waals surface area contributed by atoms with E-state index in [-0.39, 0.29) is 18.1 Å². The number of hydrogen-bond donors (Lipinski definition) is 0. The molecule has 7 heteroatoms. The lowest BCUT2D eigenvalue weighted by atomic mass is 9.90. The summed E-state index contributed by atoms with van der Waals surface area (Å²) in [5.41, 5.74) is 1.78. The Morgan fingerprint density at radius 1 is 1.28 bits per heavy atom. The van der Waals surface area contributed by atoms with Gasteiger partial charge in [0.15, 0.2) is 5.69 Å². The van der Waals surface area contributed by atoms with Crippen LogP contribution in [0.15, 0.2) is 24.3 Å². The fourth-order valence-electron chi connectivity index (χ4n) is 3.78. The molecular weight excluding hydrogens is 340 g/mol. The van der Waals surface area contributed by atoms with Crippen molar-refractivity contribution in [3.63, 3.8) is 0 Å². The monoisotopic (exact) mass is 360 g/mol. The van der Waals surface area contributed by atoms with Crippen LogP contribution in [0.5, 0.6) is 0 Å². The maximum atomic E-state index is 13.1. The quantitative estimate of drug-likeness (QED) is 0.826. The lowest BCUT2D eigenvalue weighted by Crippen LogP contribution is -2.55. The molecule has 1 amide bonds. The number of benzene rings is 1. The van der Waals surface area contributed by atoms with Crippen molar-refractivity contribution in [2.45, 2.75) is 44.8 Å². The van der Waals surface area contributed by atoms with Crippen molar-refractivity contribution in [3.05, 3.63) is 40.7 Å². The summed E-state index contributed by atoms with van der Waals surface area (Å²) in [7, 11) is 0. The number of hydrogen-bond acceptors (Lipinski definition) is 4. The molecule has 2 aliphatic rings. The molecule has 0 N–H and O–H groups in total. The minimum Gasteiger partial charge on any atom is -0.374 e. The highest BCUT2D eigenvalue weighted by Gasteiger charge is 2.38. The number of carbonyl (C=O) groups excluding carboxylic acids is 1. The summed E-state index contributed by atoms with van der Waals surface area (Å²) < 4.78 is 5.87. The third-order valence-electron chi connectivity index (χ3n) is 5.02. The number of amides is 1. The van der Waals surface area contributed by atoms with Crippen LogP contribution in [0.25, 0.3) is 5.69 Å². The van der Waals surface area contributed by atoms with Crippen molar-refractivity contribution in [3.8, 4) is 5.69 Å². The van der Waals surface area contributed by atoms with Crippen LogP contribution >= 0.6 is 11.6 Å². The number of rotatable bonds is 2. The van der Waals surface area contributed by atoms with E-state index in [2.05, 4.69) is 10.2 Å². The molecule has 1 aliphatic carbocycles. The first-order chi connectivity index (χ1) is 12.1. The van der Waals surface area contributed by atoms with Gasteiger partial charge in [0.2, 0.25) is 0 Å². The van der Waals surface area contributed by atoms with E-state index in [1.165, 1.54) is 11.2 Å². The molecule has 25 heavy (non-hydrogen) atoms. The fraction of sp³-hybridized carbons (Fsp3) is 0.500. The van der Waals surface area contributed by atoms with Gasteiger partial charge in [-0.2, -0.15) is 9.90 Å². The number of aryl methyl sites for hydroxylation is 1. The first-order valence-corrected chi connectivity index (χ1v) is 9.14. The largest absolute Gasteiger partial charge is 0.374 e. The van der Waals surface area contributed by atoms with Gasteiger partial charge in [-0.3, -0.25) is 4.79 Å². The van der Waals surface area contributed by atoms with Crippen molar-refractivity contribution < 1.29 is 9.53 Å². The zero-order valence-electron chi connectivity index (χ0n) is 14.2. The number of nitrogens with zero attached hydrogens (tertiary/aromatic N) is 4. The van der Waals surface area contributed by atoms with Gasteiger partial charge >= 0.3 is 0 Å². The Balaban J connectivity index is 1.62. The van der Waals surface area contributed by atoms with Gasteiger partial charge in [-0.25, -0.2) is 0 Å². The van der Waals surface area contributed by atoms with Gasteiger partial charge in [0.1, 0.15) is 0 Å². The second-order valence-corrected chi connectivity index (χ2v) is 7.10. The Morgan fingerprint density at radius 2 is 2.12 bits per heavy atom. The topological polar surface area (TPSA) is 60.2 Å². The molecule has 2 atom stereocenters. The Kier molecular flexibility index (Phi) is 4.48. The van der Waals surface area contributed by atoms with Crippen LogP contribution in [0.1, 0.15) is 41.9 Å². The van der Waals surface area contributed by atoms with Crippen LogP contribution in [0.4, 0.5) is 0 Å². The molecule has 1 saturated heterocycles. The minimum absolute atomic E-state index is 0.0500. The number of fused-ring (bicyclic) bond motifs is 1. The van der Waals surface area contributed by atoms with Crippen LogP contribution < -0.4 is 0 Å². The Labute approximate surface area is 151 Å². The minimum atomic E-state index is -0.0500. The molecule has 2 fully saturated rings. The third kappa shape index (κ3) is 3.16. The van der Waals surface area contributed by atoms with Gasteiger partial charge in [0, 0.05) is 11.6 Å². The Morgan fingerprint density at radius 3 is 2.96 bits per heavy atom. The van der Waals surface area contributed by atoms with Crippen LogP contribution in [0, 0.1) is 6.92 Å². The van der Waals surface area contributed by atoms with Crippen LogP contribution in [-0.2, 0) is 4.74 Å². The van der Waals surface area contributed by atoms with E-state index in [4.69, 9.17) is 16.3 Å². The molecule has 1 aromatic carbocycles. The lowest BCUT2D eigenvalue weighted by molar-refractivity contribution is -0.0754. The zero-order valence-corrected chi connectivity index (χ0v) is 14.9. The molecule has 0 bridgehead atoms. The average Bonchev–Trinajstić information content (AvgIpc) is 3.02. The molecule has 1 aliphatic heterocycles. The van der Waals surface area contributed by atoms with Gasteiger partial charge < -0.3 is 9.64 Å². The smallest absolute Gasteiger partial charge is 0.276 e. The molecule has 1 aromatic heterocycles. The highest BCUT2D eigenvalue weighted by molar-refractivity contribution is 6.30. The van der Waals surface area contributed by atoms with E-state index in [0.29, 0.717) is 29.6 Å². The van der Waals surface area contributed by atoms with E-state index in [9.17, 15) is 4.79 Å². The summed E-state index contributed by atoms with van der Waals surface area (Å²) >= 11 is 6.04. The zero-order chi connectivity index (χ0) is 17.4. The van der Waals surface area contributed by atoms with Crippen molar-refractivity contribution in [2.24, 2.45) is 0 Å². The van der Waals surface area contributed by atoms with Crippen LogP contribution in [-0.4, -0.2) is 51.1 Å². The van der Waals surface area contributed by atoms with Crippen molar-refractivity contribution in [2.75, 3.05) is 13.2 Å². The molecule has 132 valence electrons. The summed E-state index contributed by atoms with van der Waals surface area (Å²) in [5, 5.41) is 9.47. The molecule has 4 rings (SSSR count). The highest BCUT2D eigenvalue weighted by atomic mass is 35.5. The van der Waals surface area contributed by atoms with Gasteiger partial charge in [0.25, 0.3) is 5.91 Å². The summed E-state index contributed by atoms with van der Waals surface area (Å²) in [6.07, 6.45) is 4.51. The predicted molar refractivity (Wildman–Crippen MR) is 94.1 cm³/mol. The Bertz CT molecular complexity index is 789. The van der Waals surface area contributed by atoms with E-state index < -0.39 is 0 Å². The number of ether oxygens (including phenoxy) is 1. The third-order valence-corrected chi connectivity index (χ3v) is 5.25.